The van der Waals surface area contributed by atoms with E-state index in [2.05, 4.69) is 29.6 Å². The Labute approximate surface area is 90.7 Å². The molecule has 1 N–H and O–H groups in total. The van der Waals surface area contributed by atoms with E-state index in [9.17, 15) is 4.79 Å². The molecule has 0 heterocycles. The van der Waals surface area contributed by atoms with Gasteiger partial charge in [-0.05, 0) is 36.3 Å². The van der Waals surface area contributed by atoms with Crippen molar-refractivity contribution in [2.75, 3.05) is 6.54 Å². The second kappa shape index (κ2) is 4.47. The Kier molecular flexibility index (Phi) is 3.05. The SMILES string of the molecule is CC(=O)NCCC1CCc2ccccc21. The van der Waals surface area contributed by atoms with Crippen LogP contribution in [0.5, 0.6) is 0 Å². The fraction of sp³-hybridized carbons (Fsp3) is 0.462. The molecule has 80 valence electrons. The lowest BCUT2D eigenvalue weighted by Gasteiger charge is -2.11. The first kappa shape index (κ1) is 10.2. The Morgan fingerprint density at radius 3 is 3.07 bits per heavy atom. The van der Waals surface area contributed by atoms with Crippen molar-refractivity contribution in [3.63, 3.8) is 0 Å². The summed E-state index contributed by atoms with van der Waals surface area (Å²) >= 11 is 0. The zero-order valence-corrected chi connectivity index (χ0v) is 9.12. The smallest absolute Gasteiger partial charge is 0.216 e. The van der Waals surface area contributed by atoms with Gasteiger partial charge in [-0.1, -0.05) is 24.3 Å². The summed E-state index contributed by atoms with van der Waals surface area (Å²) in [5.41, 5.74) is 2.98. The lowest BCUT2D eigenvalue weighted by Crippen LogP contribution is -2.22. The monoisotopic (exact) mass is 203 g/mol. The van der Waals surface area contributed by atoms with Crippen molar-refractivity contribution in [2.45, 2.75) is 32.1 Å². The Balaban J connectivity index is 1.93. The largest absolute Gasteiger partial charge is 0.356 e. The first-order valence-electron chi connectivity index (χ1n) is 5.59. The maximum absolute atomic E-state index is 10.8. The molecule has 0 saturated heterocycles. The first-order chi connectivity index (χ1) is 7.27. The molecule has 1 aromatic carbocycles. The van der Waals surface area contributed by atoms with E-state index in [1.54, 1.807) is 6.92 Å². The van der Waals surface area contributed by atoms with E-state index in [0.29, 0.717) is 5.92 Å². The van der Waals surface area contributed by atoms with Crippen LogP contribution in [0.15, 0.2) is 24.3 Å². The van der Waals surface area contributed by atoms with Crippen molar-refractivity contribution in [3.8, 4) is 0 Å². The minimum absolute atomic E-state index is 0.0706. The summed E-state index contributed by atoms with van der Waals surface area (Å²) in [6, 6.07) is 8.65. The van der Waals surface area contributed by atoms with Gasteiger partial charge in [-0.25, -0.2) is 0 Å². The molecule has 15 heavy (non-hydrogen) atoms. The van der Waals surface area contributed by atoms with Crippen LogP contribution in [-0.2, 0) is 11.2 Å². The fourth-order valence-electron chi connectivity index (χ4n) is 2.37. The lowest BCUT2D eigenvalue weighted by molar-refractivity contribution is -0.118. The minimum atomic E-state index is 0.0706. The van der Waals surface area contributed by atoms with Gasteiger partial charge in [0, 0.05) is 13.5 Å². The van der Waals surface area contributed by atoms with E-state index in [1.807, 2.05) is 0 Å². The normalized spacial score (nSPS) is 18.6. The summed E-state index contributed by atoms with van der Waals surface area (Å²) in [4.78, 5) is 10.8. The third-order valence-corrected chi connectivity index (χ3v) is 3.12. The van der Waals surface area contributed by atoms with E-state index >= 15 is 0 Å². The number of hydrogen-bond acceptors (Lipinski definition) is 1. The van der Waals surface area contributed by atoms with Crippen molar-refractivity contribution in [2.24, 2.45) is 0 Å². The van der Waals surface area contributed by atoms with E-state index in [0.717, 1.165) is 13.0 Å². The van der Waals surface area contributed by atoms with Crippen LogP contribution in [-0.4, -0.2) is 12.5 Å². The van der Waals surface area contributed by atoms with Crippen molar-refractivity contribution < 1.29 is 4.79 Å². The van der Waals surface area contributed by atoms with E-state index in [-0.39, 0.29) is 5.91 Å². The summed E-state index contributed by atoms with van der Waals surface area (Å²) in [5.74, 6) is 0.717. The Morgan fingerprint density at radius 2 is 2.27 bits per heavy atom. The summed E-state index contributed by atoms with van der Waals surface area (Å²) in [6.45, 7) is 2.37. The predicted molar refractivity (Wildman–Crippen MR) is 60.8 cm³/mol. The highest BCUT2D eigenvalue weighted by atomic mass is 16.1. The molecule has 0 saturated carbocycles. The van der Waals surface area contributed by atoms with Crippen LogP contribution in [0.3, 0.4) is 0 Å². The van der Waals surface area contributed by atoms with Gasteiger partial charge in [0.05, 0.1) is 0 Å². The Hall–Kier alpha value is -1.31. The quantitative estimate of drug-likeness (QED) is 0.802. The second-order valence-corrected chi connectivity index (χ2v) is 4.21. The standard InChI is InChI=1S/C13H17NO/c1-10(15)14-9-8-12-7-6-11-4-2-3-5-13(11)12/h2-5,12H,6-9H2,1H3,(H,14,15). The highest BCUT2D eigenvalue weighted by Crippen LogP contribution is 2.34. The molecule has 0 aliphatic heterocycles. The van der Waals surface area contributed by atoms with Gasteiger partial charge in [-0.15, -0.1) is 0 Å². The van der Waals surface area contributed by atoms with Gasteiger partial charge in [-0.3, -0.25) is 4.79 Å². The van der Waals surface area contributed by atoms with Crippen LogP contribution < -0.4 is 5.32 Å². The number of carbonyl (C=O) groups is 1. The molecule has 2 heteroatoms. The van der Waals surface area contributed by atoms with E-state index < -0.39 is 0 Å². The van der Waals surface area contributed by atoms with Gasteiger partial charge in [0.1, 0.15) is 0 Å². The average Bonchev–Trinajstić information content (AvgIpc) is 2.62. The molecule has 2 rings (SSSR count). The molecular formula is C13H17NO. The fourth-order valence-corrected chi connectivity index (χ4v) is 2.37. The van der Waals surface area contributed by atoms with Crippen LogP contribution in [0.4, 0.5) is 0 Å². The zero-order chi connectivity index (χ0) is 10.7. The molecule has 0 aromatic heterocycles. The van der Waals surface area contributed by atoms with Crippen molar-refractivity contribution in [3.05, 3.63) is 35.4 Å². The molecule has 1 aliphatic carbocycles. The third kappa shape index (κ3) is 2.38. The number of carbonyl (C=O) groups excluding carboxylic acids is 1. The number of aryl methyl sites for hydroxylation is 1. The predicted octanol–water partition coefficient (Wildman–Crippen LogP) is 2.24. The molecule has 0 spiro atoms. The van der Waals surface area contributed by atoms with Crippen molar-refractivity contribution in [1.29, 1.82) is 0 Å². The van der Waals surface area contributed by atoms with Gasteiger partial charge < -0.3 is 5.32 Å². The molecule has 1 aromatic rings. The van der Waals surface area contributed by atoms with Crippen LogP contribution >= 0.6 is 0 Å². The van der Waals surface area contributed by atoms with Crippen molar-refractivity contribution >= 4 is 5.91 Å². The summed E-state index contributed by atoms with van der Waals surface area (Å²) in [5, 5.41) is 2.86. The zero-order valence-electron chi connectivity index (χ0n) is 9.12. The molecule has 2 nitrogen and oxygen atoms in total. The molecule has 0 bridgehead atoms. The Morgan fingerprint density at radius 1 is 1.47 bits per heavy atom. The average molecular weight is 203 g/mol. The van der Waals surface area contributed by atoms with Gasteiger partial charge in [0.15, 0.2) is 0 Å². The highest BCUT2D eigenvalue weighted by Gasteiger charge is 2.20. The minimum Gasteiger partial charge on any atom is -0.356 e. The van der Waals surface area contributed by atoms with Crippen LogP contribution in [0.25, 0.3) is 0 Å². The van der Waals surface area contributed by atoms with Gasteiger partial charge in [-0.2, -0.15) is 0 Å². The third-order valence-electron chi connectivity index (χ3n) is 3.12. The summed E-state index contributed by atoms with van der Waals surface area (Å²) in [6.07, 6.45) is 3.50. The van der Waals surface area contributed by atoms with Crippen LogP contribution in [0.1, 0.15) is 36.8 Å². The molecule has 1 amide bonds. The molecule has 1 unspecified atom stereocenters. The molecule has 1 aliphatic rings. The summed E-state index contributed by atoms with van der Waals surface area (Å²) < 4.78 is 0. The highest BCUT2D eigenvalue weighted by molar-refractivity contribution is 5.72. The number of amides is 1. The maximum atomic E-state index is 10.8. The van der Waals surface area contributed by atoms with Gasteiger partial charge >= 0.3 is 0 Å². The van der Waals surface area contributed by atoms with Gasteiger partial charge in [0.25, 0.3) is 0 Å². The second-order valence-electron chi connectivity index (χ2n) is 4.21. The molecule has 0 fully saturated rings. The van der Waals surface area contributed by atoms with Crippen LogP contribution in [0.2, 0.25) is 0 Å². The summed E-state index contributed by atoms with van der Waals surface area (Å²) in [7, 11) is 0. The number of fused-ring (bicyclic) bond motifs is 1. The lowest BCUT2D eigenvalue weighted by atomic mass is 9.98. The van der Waals surface area contributed by atoms with E-state index in [1.165, 1.54) is 24.0 Å². The molecule has 0 radical (unpaired) electrons. The molecular weight excluding hydrogens is 186 g/mol. The number of benzene rings is 1. The molecule has 1 atom stereocenters. The number of rotatable bonds is 3. The number of hydrogen-bond donors (Lipinski definition) is 1. The number of nitrogens with one attached hydrogen (secondary N) is 1. The topological polar surface area (TPSA) is 29.1 Å². The van der Waals surface area contributed by atoms with Crippen LogP contribution in [0, 0.1) is 0 Å². The van der Waals surface area contributed by atoms with Crippen molar-refractivity contribution in [1.82, 2.24) is 5.32 Å². The van der Waals surface area contributed by atoms with E-state index in [4.69, 9.17) is 0 Å². The first-order valence-corrected chi connectivity index (χ1v) is 5.59. The maximum Gasteiger partial charge on any atom is 0.216 e. The Bertz CT molecular complexity index is 359. The van der Waals surface area contributed by atoms with Gasteiger partial charge in [0.2, 0.25) is 5.91 Å².